The van der Waals surface area contributed by atoms with E-state index in [2.05, 4.69) is 10.6 Å². The number of amides is 2. The second-order valence-electron chi connectivity index (χ2n) is 11.0. The molecule has 2 aliphatic carbocycles. The van der Waals surface area contributed by atoms with E-state index < -0.39 is 40.5 Å². The minimum Gasteiger partial charge on any atom is -0.388 e. The van der Waals surface area contributed by atoms with Gasteiger partial charge in [0, 0.05) is 0 Å². The zero-order valence-electron chi connectivity index (χ0n) is 20.8. The van der Waals surface area contributed by atoms with Crippen LogP contribution in [0.3, 0.4) is 0 Å². The predicted molar refractivity (Wildman–Crippen MR) is 136 cm³/mol. The van der Waals surface area contributed by atoms with E-state index in [1.807, 2.05) is 60.7 Å². The first-order chi connectivity index (χ1) is 16.6. The summed E-state index contributed by atoms with van der Waals surface area (Å²) < 4.78 is 0. The highest BCUT2D eigenvalue weighted by molar-refractivity contribution is 6.04. The summed E-state index contributed by atoms with van der Waals surface area (Å²) in [4.78, 5) is 26.8. The summed E-state index contributed by atoms with van der Waals surface area (Å²) >= 11 is 0. The summed E-state index contributed by atoms with van der Waals surface area (Å²) in [5.41, 5.74) is -1.25. The number of benzene rings is 2. The van der Waals surface area contributed by atoms with E-state index in [0.717, 1.165) is 24.0 Å². The second-order valence-corrected chi connectivity index (χ2v) is 11.0. The van der Waals surface area contributed by atoms with Gasteiger partial charge in [-0.2, -0.15) is 0 Å². The number of rotatable bonds is 10. The molecule has 2 fully saturated rings. The fraction of sp³-hybridized carbons (Fsp3) is 0.517. The maximum absolute atomic E-state index is 13.4. The van der Waals surface area contributed by atoms with Gasteiger partial charge < -0.3 is 20.8 Å². The lowest BCUT2D eigenvalue weighted by molar-refractivity contribution is -0.147. The quantitative estimate of drug-likeness (QED) is 0.394. The topological polar surface area (TPSA) is 98.7 Å². The number of carbonyl (C=O) groups is 2. The molecule has 188 valence electrons. The minimum atomic E-state index is -1.37. The van der Waals surface area contributed by atoms with Crippen LogP contribution in [-0.2, 0) is 22.4 Å². The molecule has 0 saturated heterocycles. The van der Waals surface area contributed by atoms with Crippen molar-refractivity contribution in [3.8, 4) is 0 Å². The van der Waals surface area contributed by atoms with Crippen molar-refractivity contribution >= 4 is 11.8 Å². The predicted octanol–water partition coefficient (Wildman–Crippen LogP) is 3.30. The lowest BCUT2D eigenvalue weighted by Gasteiger charge is -2.45. The number of hydrogen-bond acceptors (Lipinski definition) is 4. The summed E-state index contributed by atoms with van der Waals surface area (Å²) in [7, 11) is 0. The van der Waals surface area contributed by atoms with Crippen LogP contribution in [0.4, 0.5) is 0 Å². The molecule has 2 amide bonds. The van der Waals surface area contributed by atoms with Crippen molar-refractivity contribution in [3.63, 3.8) is 0 Å². The first-order valence-corrected chi connectivity index (χ1v) is 12.8. The van der Waals surface area contributed by atoms with Crippen molar-refractivity contribution in [2.75, 3.05) is 0 Å². The Kier molecular flexibility index (Phi) is 7.34. The Labute approximate surface area is 208 Å². The highest BCUT2D eigenvalue weighted by atomic mass is 16.3. The van der Waals surface area contributed by atoms with Gasteiger partial charge in [-0.05, 0) is 76.3 Å². The summed E-state index contributed by atoms with van der Waals surface area (Å²) in [6.07, 6.45) is 5.34. The average molecular weight is 479 g/mol. The van der Waals surface area contributed by atoms with E-state index in [1.54, 1.807) is 13.8 Å². The van der Waals surface area contributed by atoms with Gasteiger partial charge in [0.25, 0.3) is 0 Å². The zero-order chi connectivity index (χ0) is 25.1. The van der Waals surface area contributed by atoms with Crippen molar-refractivity contribution in [1.29, 1.82) is 0 Å². The first kappa shape index (κ1) is 25.4. The molecular formula is C29H38N2O4. The van der Waals surface area contributed by atoms with E-state index in [9.17, 15) is 19.8 Å². The maximum atomic E-state index is 13.4. The molecule has 4 rings (SSSR count). The zero-order valence-corrected chi connectivity index (χ0v) is 20.8. The van der Waals surface area contributed by atoms with Crippen molar-refractivity contribution in [2.45, 2.75) is 88.5 Å². The normalized spacial score (nSPS) is 20.0. The Morgan fingerprint density at radius 3 is 1.37 bits per heavy atom. The Bertz CT molecular complexity index is 932. The first-order valence-electron chi connectivity index (χ1n) is 12.8. The van der Waals surface area contributed by atoms with Crippen LogP contribution in [0.5, 0.6) is 0 Å². The van der Waals surface area contributed by atoms with Gasteiger partial charge in [-0.3, -0.25) is 9.59 Å². The number of nitrogens with one attached hydrogen (secondary N) is 2. The van der Waals surface area contributed by atoms with Crippen LogP contribution in [0, 0.1) is 5.41 Å². The molecule has 0 bridgehead atoms. The molecule has 35 heavy (non-hydrogen) atoms. The molecule has 2 saturated carbocycles. The van der Waals surface area contributed by atoms with Gasteiger partial charge in [-0.1, -0.05) is 60.7 Å². The molecule has 6 heteroatoms. The van der Waals surface area contributed by atoms with Gasteiger partial charge in [0.15, 0.2) is 0 Å². The van der Waals surface area contributed by atoms with E-state index in [1.165, 1.54) is 0 Å². The van der Waals surface area contributed by atoms with Crippen LogP contribution in [-0.4, -0.2) is 45.3 Å². The van der Waals surface area contributed by atoms with E-state index in [0.29, 0.717) is 38.5 Å². The molecule has 0 heterocycles. The van der Waals surface area contributed by atoms with Gasteiger partial charge in [0.05, 0.1) is 23.3 Å². The third-order valence-electron chi connectivity index (χ3n) is 8.05. The van der Waals surface area contributed by atoms with E-state index in [-0.39, 0.29) is 0 Å². The molecule has 2 unspecified atom stereocenters. The number of carbonyl (C=O) groups excluding carboxylic acids is 2. The highest BCUT2D eigenvalue weighted by Crippen LogP contribution is 2.38. The molecule has 2 aliphatic rings. The Balaban J connectivity index is 1.47. The number of hydrogen-bond donors (Lipinski definition) is 4. The van der Waals surface area contributed by atoms with Crippen LogP contribution in [0.15, 0.2) is 60.7 Å². The maximum Gasteiger partial charge on any atom is 0.235 e. The molecular weight excluding hydrogens is 440 g/mol. The average Bonchev–Trinajstić information content (AvgIpc) is 2.81. The van der Waals surface area contributed by atoms with Gasteiger partial charge in [-0.25, -0.2) is 0 Å². The Hall–Kier alpha value is -2.70. The summed E-state index contributed by atoms with van der Waals surface area (Å²) in [6.45, 7) is 3.21. The molecule has 0 spiro atoms. The fourth-order valence-corrected chi connectivity index (χ4v) is 5.01. The monoisotopic (exact) mass is 478 g/mol. The van der Waals surface area contributed by atoms with Crippen LogP contribution in [0.2, 0.25) is 0 Å². The van der Waals surface area contributed by atoms with Crippen LogP contribution < -0.4 is 10.6 Å². The van der Waals surface area contributed by atoms with Crippen molar-refractivity contribution in [3.05, 3.63) is 71.8 Å². The molecule has 0 aliphatic heterocycles. The molecule has 0 radical (unpaired) electrons. The third kappa shape index (κ3) is 5.60. The molecule has 2 aromatic rings. The van der Waals surface area contributed by atoms with E-state index in [4.69, 9.17) is 0 Å². The Morgan fingerprint density at radius 1 is 0.743 bits per heavy atom. The molecule has 0 aromatic heterocycles. The van der Waals surface area contributed by atoms with Crippen LogP contribution >= 0.6 is 0 Å². The van der Waals surface area contributed by atoms with Gasteiger partial charge in [-0.15, -0.1) is 0 Å². The van der Waals surface area contributed by atoms with E-state index >= 15 is 0 Å². The Morgan fingerprint density at radius 2 is 1.09 bits per heavy atom. The largest absolute Gasteiger partial charge is 0.388 e. The lowest BCUT2D eigenvalue weighted by Crippen LogP contribution is -2.63. The van der Waals surface area contributed by atoms with Crippen molar-refractivity contribution < 1.29 is 19.8 Å². The molecule has 6 nitrogen and oxygen atoms in total. The van der Waals surface area contributed by atoms with Gasteiger partial charge in [0.1, 0.15) is 5.41 Å². The SMILES string of the molecule is CC(C)(C(=O)NC(Cc1ccccc1)C1(O)CCC1)C(=O)NC(Cc1ccccc1)C1(O)CCC1. The van der Waals surface area contributed by atoms with Crippen LogP contribution in [0.1, 0.15) is 63.5 Å². The summed E-state index contributed by atoms with van der Waals surface area (Å²) in [6, 6.07) is 18.6. The van der Waals surface area contributed by atoms with Crippen molar-refractivity contribution in [1.82, 2.24) is 10.6 Å². The summed E-state index contributed by atoms with van der Waals surface area (Å²) in [5.74, 6) is -0.842. The lowest BCUT2D eigenvalue weighted by atomic mass is 9.72. The summed E-state index contributed by atoms with van der Waals surface area (Å²) in [5, 5.41) is 28.2. The molecule has 2 atom stereocenters. The van der Waals surface area contributed by atoms with Gasteiger partial charge in [0.2, 0.25) is 11.8 Å². The standard InChI is InChI=1S/C29H38N2O4/c1-27(2,25(32)30-23(28(34)15-9-16-28)19-21-11-5-3-6-12-21)26(33)31-24(29(35)17-10-18-29)20-22-13-7-4-8-14-22/h3-8,11-14,23-24,34-35H,9-10,15-20H2,1-2H3,(H,30,32)(H,31,33). The minimum absolute atomic E-state index is 0.421. The second kappa shape index (κ2) is 10.1. The number of aliphatic hydroxyl groups is 2. The highest BCUT2D eigenvalue weighted by Gasteiger charge is 2.48. The fourth-order valence-electron chi connectivity index (χ4n) is 5.01. The molecule has 2 aromatic carbocycles. The smallest absolute Gasteiger partial charge is 0.235 e. The van der Waals surface area contributed by atoms with Crippen LogP contribution in [0.25, 0.3) is 0 Å². The third-order valence-corrected chi connectivity index (χ3v) is 8.05. The molecule has 4 N–H and O–H groups in total. The van der Waals surface area contributed by atoms with Gasteiger partial charge >= 0.3 is 0 Å². The van der Waals surface area contributed by atoms with Crippen molar-refractivity contribution in [2.24, 2.45) is 5.41 Å².